The predicted octanol–water partition coefficient (Wildman–Crippen LogP) is 4.96. The van der Waals surface area contributed by atoms with Gasteiger partial charge in [0.25, 0.3) is 10.0 Å². The number of likely N-dealkylation sites (N-methyl/N-ethyl adjacent to an activating group) is 1. The maximum atomic E-state index is 14.1. The highest BCUT2D eigenvalue weighted by Gasteiger charge is 2.33. The number of benzene rings is 3. The zero-order valence-corrected chi connectivity index (χ0v) is 24.6. The van der Waals surface area contributed by atoms with Crippen LogP contribution in [0.4, 0.5) is 5.69 Å². The molecule has 214 valence electrons. The van der Waals surface area contributed by atoms with Crippen molar-refractivity contribution < 1.29 is 22.7 Å². The highest BCUT2D eigenvalue weighted by Crippen LogP contribution is 2.27. The van der Waals surface area contributed by atoms with Gasteiger partial charge in [0, 0.05) is 13.1 Å². The van der Waals surface area contributed by atoms with Gasteiger partial charge in [-0.05, 0) is 66.8 Å². The van der Waals surface area contributed by atoms with Crippen molar-refractivity contribution in [3.05, 3.63) is 90.0 Å². The Morgan fingerprint density at radius 2 is 1.60 bits per heavy atom. The number of anilines is 1. The zero-order chi connectivity index (χ0) is 29.3. The quantitative estimate of drug-likeness (QED) is 0.316. The van der Waals surface area contributed by atoms with E-state index >= 15 is 0 Å². The summed E-state index contributed by atoms with van der Waals surface area (Å²) in [4.78, 5) is 28.6. The molecule has 9 heteroatoms. The van der Waals surface area contributed by atoms with Crippen molar-refractivity contribution in [2.24, 2.45) is 0 Å². The lowest BCUT2D eigenvalue weighted by Gasteiger charge is -2.33. The molecule has 0 bridgehead atoms. The fourth-order valence-corrected chi connectivity index (χ4v) is 5.89. The van der Waals surface area contributed by atoms with Crippen molar-refractivity contribution in [2.45, 2.75) is 57.5 Å². The van der Waals surface area contributed by atoms with E-state index in [0.29, 0.717) is 24.4 Å². The predicted molar refractivity (Wildman–Crippen MR) is 158 cm³/mol. The van der Waals surface area contributed by atoms with Gasteiger partial charge in [-0.15, -0.1) is 0 Å². The van der Waals surface area contributed by atoms with Crippen molar-refractivity contribution in [2.75, 3.05) is 24.5 Å². The van der Waals surface area contributed by atoms with Crippen LogP contribution in [-0.2, 0) is 26.2 Å². The van der Waals surface area contributed by atoms with Gasteiger partial charge in [-0.1, -0.05) is 63.2 Å². The molecule has 0 heterocycles. The van der Waals surface area contributed by atoms with Crippen LogP contribution in [0.25, 0.3) is 0 Å². The summed E-state index contributed by atoms with van der Waals surface area (Å²) in [7, 11) is -2.54. The largest absolute Gasteiger partial charge is 0.497 e. The first-order valence-corrected chi connectivity index (χ1v) is 14.9. The number of sulfonamides is 1. The molecular formula is C31H39N3O5S. The van der Waals surface area contributed by atoms with Crippen molar-refractivity contribution in [3.63, 3.8) is 0 Å². The van der Waals surface area contributed by atoms with Gasteiger partial charge in [0.15, 0.2) is 0 Å². The SMILES string of the molecule is CCNC(=O)C(CC)N(Cc1cccc(OC)c1)C(=O)CN(c1ccc(C(C)C)cc1)S(=O)(=O)c1ccccc1. The van der Waals surface area contributed by atoms with E-state index in [-0.39, 0.29) is 23.3 Å². The molecule has 1 unspecified atom stereocenters. The van der Waals surface area contributed by atoms with Crippen LogP contribution >= 0.6 is 0 Å². The number of methoxy groups -OCH3 is 1. The molecule has 40 heavy (non-hydrogen) atoms. The number of ether oxygens (including phenoxy) is 1. The summed E-state index contributed by atoms with van der Waals surface area (Å²) in [6, 6.07) is 21.7. The third-order valence-electron chi connectivity index (χ3n) is 6.68. The first-order valence-electron chi connectivity index (χ1n) is 13.5. The summed E-state index contributed by atoms with van der Waals surface area (Å²) in [6.45, 7) is 7.80. The van der Waals surface area contributed by atoms with Gasteiger partial charge in [-0.25, -0.2) is 8.42 Å². The number of hydrogen-bond donors (Lipinski definition) is 1. The second-order valence-corrected chi connectivity index (χ2v) is 11.6. The van der Waals surface area contributed by atoms with E-state index in [1.54, 1.807) is 49.6 Å². The highest BCUT2D eigenvalue weighted by molar-refractivity contribution is 7.92. The standard InChI is InChI=1S/C31H39N3O5S/c1-6-29(31(36)32-7-2)33(21-24-12-11-13-27(20-24)39-5)30(35)22-34(26-18-16-25(17-19-26)23(3)4)40(37,38)28-14-9-8-10-15-28/h8-20,23,29H,6-7,21-22H2,1-5H3,(H,32,36). The van der Waals surface area contributed by atoms with Crippen molar-refractivity contribution >= 4 is 27.5 Å². The van der Waals surface area contributed by atoms with Crippen LogP contribution in [0.2, 0.25) is 0 Å². The van der Waals surface area contributed by atoms with Crippen LogP contribution in [0, 0.1) is 0 Å². The van der Waals surface area contributed by atoms with Crippen LogP contribution in [-0.4, -0.2) is 51.4 Å². The molecule has 0 aliphatic carbocycles. The number of rotatable bonds is 13. The minimum absolute atomic E-state index is 0.0749. The maximum absolute atomic E-state index is 14.1. The minimum Gasteiger partial charge on any atom is -0.497 e. The Morgan fingerprint density at radius 3 is 2.17 bits per heavy atom. The number of hydrogen-bond acceptors (Lipinski definition) is 5. The van der Waals surface area contributed by atoms with Gasteiger partial charge in [-0.2, -0.15) is 0 Å². The number of carbonyl (C=O) groups excluding carboxylic acids is 2. The molecule has 0 aliphatic heterocycles. The Balaban J connectivity index is 2.06. The Hall–Kier alpha value is -3.85. The van der Waals surface area contributed by atoms with E-state index in [1.807, 2.05) is 38.1 Å². The molecule has 0 spiro atoms. The van der Waals surface area contributed by atoms with Crippen LogP contribution in [0.1, 0.15) is 51.2 Å². The number of nitrogens with zero attached hydrogens (tertiary/aromatic N) is 2. The highest BCUT2D eigenvalue weighted by atomic mass is 32.2. The number of carbonyl (C=O) groups is 2. The van der Waals surface area contributed by atoms with Gasteiger partial charge in [-0.3, -0.25) is 13.9 Å². The first kappa shape index (κ1) is 30.7. The van der Waals surface area contributed by atoms with Crippen molar-refractivity contribution in [3.8, 4) is 5.75 Å². The smallest absolute Gasteiger partial charge is 0.264 e. The van der Waals surface area contributed by atoms with Crippen LogP contribution in [0.5, 0.6) is 5.75 Å². The lowest BCUT2D eigenvalue weighted by molar-refractivity contribution is -0.140. The fraction of sp³-hybridized carbons (Fsp3) is 0.355. The van der Waals surface area contributed by atoms with Crippen LogP contribution in [0.3, 0.4) is 0 Å². The van der Waals surface area contributed by atoms with E-state index in [0.717, 1.165) is 15.4 Å². The molecule has 0 saturated heterocycles. The van der Waals surface area contributed by atoms with E-state index < -0.39 is 28.5 Å². The summed E-state index contributed by atoms with van der Waals surface area (Å²) in [5.41, 5.74) is 2.18. The average molecular weight is 566 g/mol. The van der Waals surface area contributed by atoms with E-state index in [4.69, 9.17) is 4.74 Å². The van der Waals surface area contributed by atoms with Gasteiger partial charge >= 0.3 is 0 Å². The van der Waals surface area contributed by atoms with Crippen LogP contribution in [0.15, 0.2) is 83.8 Å². The van der Waals surface area contributed by atoms with Crippen molar-refractivity contribution in [1.29, 1.82) is 0 Å². The molecule has 3 rings (SSSR count). The molecule has 8 nitrogen and oxygen atoms in total. The summed E-state index contributed by atoms with van der Waals surface area (Å²) in [5.74, 6) is 0.0958. The lowest BCUT2D eigenvalue weighted by Crippen LogP contribution is -2.52. The third kappa shape index (κ3) is 7.41. The van der Waals surface area contributed by atoms with E-state index in [9.17, 15) is 18.0 Å². The normalized spacial score (nSPS) is 12.1. The van der Waals surface area contributed by atoms with Crippen LogP contribution < -0.4 is 14.4 Å². The topological polar surface area (TPSA) is 96.0 Å². The van der Waals surface area contributed by atoms with Gasteiger partial charge in [0.2, 0.25) is 11.8 Å². The van der Waals surface area contributed by atoms with E-state index in [2.05, 4.69) is 19.2 Å². The molecule has 0 fully saturated rings. The molecule has 1 N–H and O–H groups in total. The second-order valence-electron chi connectivity index (χ2n) is 9.76. The Kier molecular flexibility index (Phi) is 10.7. The molecule has 3 aromatic rings. The third-order valence-corrected chi connectivity index (χ3v) is 8.47. The zero-order valence-electron chi connectivity index (χ0n) is 23.8. The number of nitrogens with one attached hydrogen (secondary N) is 1. The Bertz CT molecular complexity index is 1380. The lowest BCUT2D eigenvalue weighted by atomic mass is 10.0. The second kappa shape index (κ2) is 14.0. The molecule has 1 atom stereocenters. The number of amides is 2. The minimum atomic E-state index is -4.10. The maximum Gasteiger partial charge on any atom is 0.264 e. The molecule has 0 aliphatic rings. The monoisotopic (exact) mass is 565 g/mol. The fourth-order valence-electron chi connectivity index (χ4n) is 4.45. The average Bonchev–Trinajstić information content (AvgIpc) is 2.96. The first-order chi connectivity index (χ1) is 19.1. The van der Waals surface area contributed by atoms with Gasteiger partial charge < -0.3 is 15.0 Å². The summed E-state index contributed by atoms with van der Waals surface area (Å²) >= 11 is 0. The summed E-state index contributed by atoms with van der Waals surface area (Å²) in [5, 5.41) is 2.81. The molecule has 0 radical (unpaired) electrons. The molecule has 0 aromatic heterocycles. The molecule has 2 amide bonds. The molecule has 0 saturated carbocycles. The molecular weight excluding hydrogens is 526 g/mol. The molecule has 3 aromatic carbocycles. The summed E-state index contributed by atoms with van der Waals surface area (Å²) < 4.78 is 34.2. The van der Waals surface area contributed by atoms with Crippen molar-refractivity contribution in [1.82, 2.24) is 10.2 Å². The van der Waals surface area contributed by atoms with E-state index in [1.165, 1.54) is 17.0 Å². The van der Waals surface area contributed by atoms with Gasteiger partial charge in [0.05, 0.1) is 17.7 Å². The summed E-state index contributed by atoms with van der Waals surface area (Å²) in [6.07, 6.45) is 0.357. The van der Waals surface area contributed by atoms with Gasteiger partial charge in [0.1, 0.15) is 18.3 Å². The Labute approximate surface area is 238 Å². The Morgan fingerprint density at radius 1 is 0.925 bits per heavy atom.